The van der Waals surface area contributed by atoms with Crippen molar-refractivity contribution in [1.82, 2.24) is 0 Å². The lowest BCUT2D eigenvalue weighted by molar-refractivity contribution is -0.408. The molecule has 11 aliphatic rings. The largest absolute Gasteiger partial charge is 0.394 e. The minimum absolute atomic E-state index is 0.102. The maximum Gasteiger partial charge on any atom is 0.187 e. The van der Waals surface area contributed by atoms with E-state index in [9.17, 15) is 81.7 Å². The Kier molecular flexibility index (Phi) is 19.0. The number of ether oxygens (including phenoxy) is 12. The number of aliphatic hydroxyl groups is 16. The van der Waals surface area contributed by atoms with E-state index in [2.05, 4.69) is 27.7 Å². The Morgan fingerprint density at radius 1 is 0.512 bits per heavy atom. The summed E-state index contributed by atoms with van der Waals surface area (Å²) < 4.78 is 72.9. The number of rotatable bonds is 15. The first-order valence-corrected chi connectivity index (χ1v) is 30.3. The van der Waals surface area contributed by atoms with Gasteiger partial charge in [0.15, 0.2) is 37.2 Å². The first-order chi connectivity index (χ1) is 39.9. The second-order valence-electron chi connectivity index (χ2n) is 27.0. The van der Waals surface area contributed by atoms with Gasteiger partial charge in [-0.15, -0.1) is 0 Å². The third-order valence-electron chi connectivity index (χ3n) is 22.3. The summed E-state index contributed by atoms with van der Waals surface area (Å²) in [6.07, 6.45) is -35.5. The van der Waals surface area contributed by atoms with Crippen LogP contribution in [0.1, 0.15) is 85.5 Å². The zero-order valence-electron chi connectivity index (χ0n) is 47.8. The van der Waals surface area contributed by atoms with Crippen molar-refractivity contribution < 1.29 is 139 Å². The van der Waals surface area contributed by atoms with Crippen LogP contribution in [0.2, 0.25) is 0 Å². The van der Waals surface area contributed by atoms with Crippen molar-refractivity contribution in [3.8, 4) is 0 Å². The summed E-state index contributed by atoms with van der Waals surface area (Å²) in [5, 5.41) is 176. The molecule has 36 unspecified atom stereocenters. The number of fused-ring (bicyclic) bond motifs is 7. The van der Waals surface area contributed by atoms with Gasteiger partial charge in [0, 0.05) is 12.3 Å². The molecule has 0 aromatic rings. The smallest absolute Gasteiger partial charge is 0.187 e. The number of aliphatic hydroxyl groups excluding tert-OH is 15. The topological polar surface area (TPSA) is 434 Å². The van der Waals surface area contributed by atoms with Crippen molar-refractivity contribution in [2.75, 3.05) is 46.2 Å². The molecule has 84 heavy (non-hydrogen) atoms. The molecule has 0 radical (unpaired) electrons. The van der Waals surface area contributed by atoms with Gasteiger partial charge in [0.05, 0.1) is 64.6 Å². The highest BCUT2D eigenvalue weighted by Crippen LogP contribution is 2.71. The Morgan fingerprint density at radius 3 is 1.67 bits per heavy atom. The molecule has 4 aliphatic carbocycles. The minimum atomic E-state index is -2.17. The molecule has 0 amide bonds. The third kappa shape index (κ3) is 11.0. The van der Waals surface area contributed by atoms with E-state index < -0.39 is 198 Å². The monoisotopic (exact) mass is 1210 g/mol. The van der Waals surface area contributed by atoms with Crippen molar-refractivity contribution in [2.45, 2.75) is 250 Å². The fourth-order valence-corrected chi connectivity index (χ4v) is 17.4. The lowest BCUT2D eigenvalue weighted by Gasteiger charge is -2.62. The van der Waals surface area contributed by atoms with Gasteiger partial charge in [0.25, 0.3) is 0 Å². The average Bonchev–Trinajstić information content (AvgIpc) is 1.70. The average molecular weight is 1210 g/mol. The van der Waals surface area contributed by atoms with Crippen molar-refractivity contribution in [2.24, 2.45) is 52.3 Å². The molecule has 36 atom stereocenters. The van der Waals surface area contributed by atoms with Gasteiger partial charge >= 0.3 is 0 Å². The molecule has 484 valence electrons. The van der Waals surface area contributed by atoms with E-state index in [0.717, 1.165) is 51.6 Å². The van der Waals surface area contributed by atoms with Crippen LogP contribution in [0.3, 0.4) is 0 Å². The molecule has 11 rings (SSSR count). The Labute approximate surface area is 486 Å². The number of hydrogen-bond donors (Lipinski definition) is 16. The Balaban J connectivity index is 0.781. The van der Waals surface area contributed by atoms with Crippen LogP contribution in [0.5, 0.6) is 0 Å². The van der Waals surface area contributed by atoms with Crippen LogP contribution in [0.15, 0.2) is 0 Å². The van der Waals surface area contributed by atoms with E-state index in [0.29, 0.717) is 42.4 Å². The summed E-state index contributed by atoms with van der Waals surface area (Å²) >= 11 is 0. The zero-order chi connectivity index (χ0) is 60.3. The van der Waals surface area contributed by atoms with E-state index in [4.69, 9.17) is 56.8 Å². The van der Waals surface area contributed by atoms with Crippen LogP contribution in [0, 0.1) is 52.3 Å². The molecule has 11 fully saturated rings. The van der Waals surface area contributed by atoms with Gasteiger partial charge in [-0.05, 0) is 97.7 Å². The van der Waals surface area contributed by atoms with Crippen LogP contribution in [0.25, 0.3) is 0 Å². The highest BCUT2D eigenvalue weighted by molar-refractivity contribution is 5.16. The molecule has 16 N–H and O–H groups in total. The van der Waals surface area contributed by atoms with Crippen molar-refractivity contribution in [3.63, 3.8) is 0 Å². The van der Waals surface area contributed by atoms with Gasteiger partial charge in [-0.2, -0.15) is 0 Å². The first kappa shape index (κ1) is 64.4. The quantitative estimate of drug-likeness (QED) is 0.0680. The predicted octanol–water partition coefficient (Wildman–Crippen LogP) is -5.47. The van der Waals surface area contributed by atoms with E-state index in [1.807, 2.05) is 0 Å². The minimum Gasteiger partial charge on any atom is -0.394 e. The highest BCUT2D eigenvalue weighted by atomic mass is 16.8. The van der Waals surface area contributed by atoms with Crippen molar-refractivity contribution >= 4 is 0 Å². The van der Waals surface area contributed by atoms with Gasteiger partial charge in [0.1, 0.15) is 109 Å². The summed E-state index contributed by atoms with van der Waals surface area (Å²) in [5.41, 5.74) is -2.29. The molecule has 0 aromatic heterocycles. The van der Waals surface area contributed by atoms with E-state index in [1.165, 1.54) is 0 Å². The molecule has 7 saturated heterocycles. The molecule has 4 saturated carbocycles. The summed E-state index contributed by atoms with van der Waals surface area (Å²) in [7, 11) is 0. The van der Waals surface area contributed by atoms with Crippen LogP contribution in [-0.2, 0) is 56.8 Å². The summed E-state index contributed by atoms with van der Waals surface area (Å²) in [6.45, 7) is 4.75. The third-order valence-corrected chi connectivity index (χ3v) is 22.3. The van der Waals surface area contributed by atoms with Crippen molar-refractivity contribution in [3.05, 3.63) is 0 Å². The van der Waals surface area contributed by atoms with Crippen LogP contribution < -0.4 is 0 Å². The fourth-order valence-electron chi connectivity index (χ4n) is 17.4. The van der Waals surface area contributed by atoms with Crippen LogP contribution in [0.4, 0.5) is 0 Å². The Morgan fingerprint density at radius 2 is 1.07 bits per heavy atom. The standard InChI is InChI=1S/C56H92O28/c1-21-7-10-56(74-18-21)22(2)34-29(84-56)12-26-24-6-5-23-11-28(27(62)13-54(23,4)25(24)8-9-53(26,34)3)75-48-41(69)38(66)43(32(16-59)78-48)80-51-46(83-49-40(68)37(65)35(63)30(14-57)76-49)45(36(64)31(15-58)77-51)82-50-42(70)39(67)44(33(17-60)79-50)81-52-47(71)55(72,19-61)20-73-52/h21-52,57-72H,5-20H2,1-4H3. The lowest BCUT2D eigenvalue weighted by atomic mass is 9.44. The van der Waals surface area contributed by atoms with E-state index in [1.54, 1.807) is 0 Å². The first-order valence-electron chi connectivity index (χ1n) is 30.3. The summed E-state index contributed by atoms with van der Waals surface area (Å²) in [4.78, 5) is 0. The molecule has 0 bridgehead atoms. The molecular weight excluding hydrogens is 1120 g/mol. The second kappa shape index (κ2) is 24.8. The molecule has 28 heteroatoms. The van der Waals surface area contributed by atoms with Gasteiger partial charge in [0.2, 0.25) is 0 Å². The van der Waals surface area contributed by atoms with E-state index in [-0.39, 0.29) is 28.8 Å². The normalized spacial score (nSPS) is 57.6. The van der Waals surface area contributed by atoms with Crippen LogP contribution in [-0.4, -0.2) is 293 Å². The molecular formula is C56H92O28. The van der Waals surface area contributed by atoms with Gasteiger partial charge in [-0.25, -0.2) is 0 Å². The lowest BCUT2D eigenvalue weighted by Crippen LogP contribution is -2.69. The maximum absolute atomic E-state index is 12.0. The van der Waals surface area contributed by atoms with E-state index >= 15 is 0 Å². The van der Waals surface area contributed by atoms with Gasteiger partial charge < -0.3 is 139 Å². The predicted molar refractivity (Wildman–Crippen MR) is 276 cm³/mol. The van der Waals surface area contributed by atoms with Crippen molar-refractivity contribution in [1.29, 1.82) is 0 Å². The second-order valence-corrected chi connectivity index (χ2v) is 27.0. The SMILES string of the molecule is CC1CCC2(OC1)OC1CC3C4CCC5CC(OC6OC(CO)C(OC7OC(CO)C(O)C(OC8OC(CO)C(OC9OCC(O)(CO)C9O)C(O)C8O)C7OC7OC(CO)C(O)C(O)C7O)C(O)C6O)C(O)CC5(C)C4CCC3(C)C1C2C. The number of hydrogen-bond acceptors (Lipinski definition) is 28. The van der Waals surface area contributed by atoms with Gasteiger partial charge in [-0.1, -0.05) is 27.7 Å². The highest BCUT2D eigenvalue weighted by Gasteiger charge is 2.70. The molecule has 0 aromatic carbocycles. The maximum atomic E-state index is 12.0. The van der Waals surface area contributed by atoms with Crippen LogP contribution >= 0.6 is 0 Å². The molecule has 1 spiro atoms. The zero-order valence-corrected chi connectivity index (χ0v) is 47.8. The molecule has 28 nitrogen and oxygen atoms in total. The fraction of sp³-hybridized carbons (Fsp3) is 1.00. The molecule has 7 heterocycles. The Bertz CT molecular complexity index is 2200. The summed E-state index contributed by atoms with van der Waals surface area (Å²) in [5.74, 6) is 2.11. The van der Waals surface area contributed by atoms with Gasteiger partial charge in [-0.3, -0.25) is 0 Å². The molecule has 7 aliphatic heterocycles. The summed E-state index contributed by atoms with van der Waals surface area (Å²) in [6, 6.07) is 0. The Hall–Kier alpha value is -1.12.